The predicted octanol–water partition coefficient (Wildman–Crippen LogP) is 3.21. The van der Waals surface area contributed by atoms with Crippen molar-refractivity contribution in [1.82, 2.24) is 4.90 Å². The summed E-state index contributed by atoms with van der Waals surface area (Å²) in [6.07, 6.45) is 3.40. The zero-order valence-corrected chi connectivity index (χ0v) is 19.2. The number of carbonyl (C=O) groups excluding carboxylic acids is 4. The summed E-state index contributed by atoms with van der Waals surface area (Å²) < 4.78 is 10.8. The maximum atomic E-state index is 12.9. The van der Waals surface area contributed by atoms with Crippen LogP contribution in [0.4, 0.5) is 11.4 Å². The third kappa shape index (κ3) is 4.46. The molecule has 1 spiro atoms. The van der Waals surface area contributed by atoms with Crippen LogP contribution >= 0.6 is 0 Å². The van der Waals surface area contributed by atoms with Crippen LogP contribution in [0.3, 0.4) is 0 Å². The molecule has 1 aliphatic heterocycles. The number of methoxy groups -OCH3 is 2. The maximum Gasteiger partial charge on any atom is 0.255 e. The lowest BCUT2D eigenvalue weighted by Crippen LogP contribution is -2.39. The van der Waals surface area contributed by atoms with Gasteiger partial charge in [0, 0.05) is 24.1 Å². The molecule has 2 aromatic rings. The fourth-order valence-corrected chi connectivity index (χ4v) is 4.67. The molecule has 4 amide bonds. The Morgan fingerprint density at radius 3 is 2.12 bits per heavy atom. The van der Waals surface area contributed by atoms with Gasteiger partial charge in [-0.3, -0.25) is 24.1 Å². The minimum Gasteiger partial charge on any atom is -0.494 e. The Labute approximate surface area is 197 Å². The number of carbonyl (C=O) groups is 4. The molecule has 0 unspecified atom stereocenters. The first kappa shape index (κ1) is 23.3. The first-order valence-corrected chi connectivity index (χ1v) is 11.1. The second-order valence-electron chi connectivity index (χ2n) is 8.57. The molecule has 1 heterocycles. The van der Waals surface area contributed by atoms with Crippen molar-refractivity contribution < 1.29 is 28.7 Å². The number of likely N-dealkylation sites (tertiary alicyclic amines) is 1. The molecular weight excluding hydrogens is 438 g/mol. The van der Waals surface area contributed by atoms with Gasteiger partial charge in [-0.2, -0.15) is 0 Å². The minimum absolute atomic E-state index is 0.173. The van der Waals surface area contributed by atoms with Crippen LogP contribution in [0.15, 0.2) is 42.5 Å². The molecule has 2 aliphatic rings. The summed E-state index contributed by atoms with van der Waals surface area (Å²) >= 11 is 0. The van der Waals surface area contributed by atoms with Crippen LogP contribution in [-0.2, 0) is 14.4 Å². The number of benzene rings is 2. The fraction of sp³-hybridized carbons (Fsp3) is 0.360. The number of nitrogens with one attached hydrogen (secondary N) is 2. The number of hydrogen-bond acceptors (Lipinski definition) is 6. The molecule has 1 saturated carbocycles. The Bertz CT molecular complexity index is 1120. The van der Waals surface area contributed by atoms with Crippen molar-refractivity contribution in [2.75, 3.05) is 31.4 Å². The van der Waals surface area contributed by atoms with E-state index in [9.17, 15) is 19.2 Å². The summed E-state index contributed by atoms with van der Waals surface area (Å²) in [6, 6.07) is 11.8. The van der Waals surface area contributed by atoms with Gasteiger partial charge in [-0.1, -0.05) is 31.0 Å². The molecule has 178 valence electrons. The van der Waals surface area contributed by atoms with Gasteiger partial charge in [0.1, 0.15) is 18.0 Å². The molecule has 1 saturated heterocycles. The highest BCUT2D eigenvalue weighted by Gasteiger charge is 2.52. The summed E-state index contributed by atoms with van der Waals surface area (Å²) in [7, 11) is 2.87. The summed E-state index contributed by atoms with van der Waals surface area (Å²) in [5.41, 5.74) is 0.494. The monoisotopic (exact) mass is 465 g/mol. The van der Waals surface area contributed by atoms with Gasteiger partial charge in [0.15, 0.2) is 0 Å². The highest BCUT2D eigenvalue weighted by atomic mass is 16.5. The van der Waals surface area contributed by atoms with E-state index in [0.717, 1.165) is 17.7 Å². The van der Waals surface area contributed by atoms with Crippen molar-refractivity contribution in [3.05, 3.63) is 48.0 Å². The number of hydrogen-bond donors (Lipinski definition) is 2. The average molecular weight is 466 g/mol. The Hall–Kier alpha value is -3.88. The molecule has 0 bridgehead atoms. The molecular formula is C25H27N3O6. The van der Waals surface area contributed by atoms with Crippen molar-refractivity contribution in [3.63, 3.8) is 0 Å². The summed E-state index contributed by atoms with van der Waals surface area (Å²) in [5, 5.41) is 5.47. The van der Waals surface area contributed by atoms with E-state index in [1.54, 1.807) is 24.3 Å². The van der Waals surface area contributed by atoms with Gasteiger partial charge in [0.05, 0.1) is 31.0 Å². The van der Waals surface area contributed by atoms with Crippen LogP contribution in [0, 0.1) is 5.41 Å². The number of rotatable bonds is 7. The van der Waals surface area contributed by atoms with Gasteiger partial charge in [-0.15, -0.1) is 0 Å². The zero-order chi connectivity index (χ0) is 24.3. The van der Waals surface area contributed by atoms with Crippen LogP contribution in [0.2, 0.25) is 0 Å². The van der Waals surface area contributed by atoms with Gasteiger partial charge >= 0.3 is 0 Å². The number of nitrogens with zero attached hydrogens (tertiary/aromatic N) is 1. The topological polar surface area (TPSA) is 114 Å². The van der Waals surface area contributed by atoms with Crippen LogP contribution in [-0.4, -0.2) is 49.3 Å². The van der Waals surface area contributed by atoms with Crippen LogP contribution in [0.25, 0.3) is 0 Å². The first-order chi connectivity index (χ1) is 16.4. The van der Waals surface area contributed by atoms with Gasteiger partial charge in [0.25, 0.3) is 5.91 Å². The molecule has 2 aromatic carbocycles. The van der Waals surface area contributed by atoms with E-state index >= 15 is 0 Å². The molecule has 0 radical (unpaired) electrons. The van der Waals surface area contributed by atoms with Crippen molar-refractivity contribution >= 4 is 35.0 Å². The lowest BCUT2D eigenvalue weighted by atomic mass is 9.84. The highest BCUT2D eigenvalue weighted by molar-refractivity contribution is 6.10. The van der Waals surface area contributed by atoms with Crippen molar-refractivity contribution in [1.29, 1.82) is 0 Å². The Balaban J connectivity index is 1.49. The van der Waals surface area contributed by atoms with E-state index in [1.807, 2.05) is 6.07 Å². The normalized spacial score (nSPS) is 16.6. The van der Waals surface area contributed by atoms with E-state index < -0.39 is 11.3 Å². The molecule has 0 atom stereocenters. The number of imide groups is 1. The smallest absolute Gasteiger partial charge is 0.255 e. The van der Waals surface area contributed by atoms with Gasteiger partial charge in [-0.25, -0.2) is 0 Å². The fourth-order valence-electron chi connectivity index (χ4n) is 4.67. The molecule has 34 heavy (non-hydrogen) atoms. The standard InChI is InChI=1S/C25H27N3O6/c1-33-19-13-18(27-23(31)16-8-4-3-5-9-16)20(34-2)12-17(19)26-21(29)15-28-22(30)14-25(24(28)32)10-6-7-11-25/h3-5,8-9,12-13H,6-7,10-11,14-15H2,1-2H3,(H,26,29)(H,27,31). The van der Waals surface area contributed by atoms with E-state index in [-0.39, 0.29) is 42.1 Å². The minimum atomic E-state index is -0.628. The molecule has 4 rings (SSSR count). The average Bonchev–Trinajstić information content (AvgIpc) is 3.40. The quantitative estimate of drug-likeness (QED) is 0.607. The van der Waals surface area contributed by atoms with Crippen molar-refractivity contribution in [2.24, 2.45) is 5.41 Å². The Morgan fingerprint density at radius 1 is 0.941 bits per heavy atom. The number of anilines is 2. The second kappa shape index (κ2) is 9.54. The summed E-state index contributed by atoms with van der Waals surface area (Å²) in [5.74, 6) is -0.843. The maximum absolute atomic E-state index is 12.9. The first-order valence-electron chi connectivity index (χ1n) is 11.1. The predicted molar refractivity (Wildman–Crippen MR) is 125 cm³/mol. The third-order valence-electron chi connectivity index (χ3n) is 6.43. The second-order valence-corrected chi connectivity index (χ2v) is 8.57. The molecule has 9 nitrogen and oxygen atoms in total. The SMILES string of the molecule is COc1cc(NC(=O)c2ccccc2)c(OC)cc1NC(=O)CN1C(=O)CC2(CCCC2)C1=O. The molecule has 0 aromatic heterocycles. The van der Waals surface area contributed by atoms with Crippen LogP contribution < -0.4 is 20.1 Å². The van der Waals surface area contributed by atoms with Gasteiger partial charge in [-0.05, 0) is 25.0 Å². The Kier molecular flexibility index (Phi) is 6.54. The summed E-state index contributed by atoms with van der Waals surface area (Å²) in [4.78, 5) is 51.7. The van der Waals surface area contributed by atoms with E-state index in [2.05, 4.69) is 10.6 Å². The molecule has 2 N–H and O–H groups in total. The number of ether oxygens (including phenoxy) is 2. The Morgan fingerprint density at radius 2 is 1.53 bits per heavy atom. The third-order valence-corrected chi connectivity index (χ3v) is 6.43. The van der Waals surface area contributed by atoms with Crippen molar-refractivity contribution in [2.45, 2.75) is 32.1 Å². The van der Waals surface area contributed by atoms with E-state index in [1.165, 1.54) is 26.4 Å². The van der Waals surface area contributed by atoms with Gasteiger partial charge in [0.2, 0.25) is 17.7 Å². The number of amides is 4. The van der Waals surface area contributed by atoms with Crippen LogP contribution in [0.5, 0.6) is 11.5 Å². The van der Waals surface area contributed by atoms with E-state index in [4.69, 9.17) is 9.47 Å². The van der Waals surface area contributed by atoms with Gasteiger partial charge < -0.3 is 20.1 Å². The lowest BCUT2D eigenvalue weighted by Gasteiger charge is -2.21. The van der Waals surface area contributed by atoms with Crippen LogP contribution in [0.1, 0.15) is 42.5 Å². The highest BCUT2D eigenvalue weighted by Crippen LogP contribution is 2.46. The molecule has 1 aliphatic carbocycles. The summed E-state index contributed by atoms with van der Waals surface area (Å²) in [6.45, 7) is -0.364. The molecule has 2 fully saturated rings. The molecule has 9 heteroatoms. The largest absolute Gasteiger partial charge is 0.494 e. The van der Waals surface area contributed by atoms with Crippen molar-refractivity contribution in [3.8, 4) is 11.5 Å². The van der Waals surface area contributed by atoms with E-state index in [0.29, 0.717) is 29.8 Å². The lowest BCUT2D eigenvalue weighted by molar-refractivity contribution is -0.143. The zero-order valence-electron chi connectivity index (χ0n) is 19.2.